The molecule has 0 fully saturated rings. The first-order valence-corrected chi connectivity index (χ1v) is 6.96. The number of ether oxygens (including phenoxy) is 1. The van der Waals surface area contributed by atoms with Crippen LogP contribution in [0.25, 0.3) is 0 Å². The van der Waals surface area contributed by atoms with E-state index in [2.05, 4.69) is 11.3 Å². The van der Waals surface area contributed by atoms with Gasteiger partial charge in [-0.2, -0.15) is 4.39 Å². The summed E-state index contributed by atoms with van der Waals surface area (Å²) in [7, 11) is -3.77. The van der Waals surface area contributed by atoms with Gasteiger partial charge in [-0.25, -0.2) is 13.9 Å². The summed E-state index contributed by atoms with van der Waals surface area (Å²) < 4.78 is 43.0. The molecular formula is C10H18FO6P. The second kappa shape index (κ2) is 9.22. The fraction of sp³-hybridized carbons (Fsp3) is 0.700. The van der Waals surface area contributed by atoms with Crippen molar-refractivity contribution in [3.63, 3.8) is 0 Å². The van der Waals surface area contributed by atoms with Crippen molar-refractivity contribution in [3.05, 3.63) is 12.4 Å². The SMILES string of the molecule is C=C(F)C(=O)OCOP(=O)(OCCC)OCCC. The molecule has 0 aliphatic carbocycles. The molecule has 0 aromatic heterocycles. The zero-order valence-electron chi connectivity index (χ0n) is 10.5. The van der Waals surface area contributed by atoms with E-state index >= 15 is 0 Å². The fourth-order valence-corrected chi connectivity index (χ4v) is 1.96. The molecule has 0 bridgehead atoms. The number of rotatable bonds is 10. The normalized spacial score (nSPS) is 11.3. The summed E-state index contributed by atoms with van der Waals surface area (Å²) in [6.07, 6.45) is 1.23. The minimum Gasteiger partial charge on any atom is -0.433 e. The number of carbonyl (C=O) groups is 1. The van der Waals surface area contributed by atoms with Gasteiger partial charge in [0.25, 0.3) is 0 Å². The molecule has 18 heavy (non-hydrogen) atoms. The van der Waals surface area contributed by atoms with E-state index in [0.717, 1.165) is 0 Å². The molecule has 0 heterocycles. The maximum atomic E-state index is 12.3. The van der Waals surface area contributed by atoms with Crippen LogP contribution < -0.4 is 0 Å². The predicted molar refractivity (Wildman–Crippen MR) is 62.4 cm³/mol. The highest BCUT2D eigenvalue weighted by atomic mass is 31.2. The molecule has 0 amide bonds. The summed E-state index contributed by atoms with van der Waals surface area (Å²) >= 11 is 0. The van der Waals surface area contributed by atoms with Crippen LogP contribution in [-0.4, -0.2) is 26.0 Å². The van der Waals surface area contributed by atoms with Gasteiger partial charge in [0.1, 0.15) is 0 Å². The molecule has 0 aliphatic rings. The number of phosphoric ester groups is 1. The van der Waals surface area contributed by atoms with Crippen LogP contribution in [0.2, 0.25) is 0 Å². The lowest BCUT2D eigenvalue weighted by Gasteiger charge is -2.17. The molecular weight excluding hydrogens is 266 g/mol. The highest BCUT2D eigenvalue weighted by Crippen LogP contribution is 2.49. The highest BCUT2D eigenvalue weighted by Gasteiger charge is 2.27. The van der Waals surface area contributed by atoms with Crippen LogP contribution in [0.5, 0.6) is 0 Å². The lowest BCUT2D eigenvalue weighted by molar-refractivity contribution is -0.148. The Morgan fingerprint density at radius 1 is 1.17 bits per heavy atom. The van der Waals surface area contributed by atoms with Crippen LogP contribution in [0.1, 0.15) is 26.7 Å². The summed E-state index contributed by atoms with van der Waals surface area (Å²) in [6.45, 7) is 5.99. The number of phosphoric acid groups is 1. The second-order valence-electron chi connectivity index (χ2n) is 3.20. The van der Waals surface area contributed by atoms with E-state index < -0.39 is 26.4 Å². The van der Waals surface area contributed by atoms with Crippen molar-refractivity contribution in [2.75, 3.05) is 20.0 Å². The van der Waals surface area contributed by atoms with Gasteiger partial charge in [-0.1, -0.05) is 20.4 Å². The maximum absolute atomic E-state index is 12.3. The van der Waals surface area contributed by atoms with Gasteiger partial charge in [0, 0.05) is 0 Å². The minimum atomic E-state index is -3.77. The maximum Gasteiger partial charge on any atom is 0.477 e. The number of halogens is 1. The Bertz CT molecular complexity index is 307. The summed E-state index contributed by atoms with van der Waals surface area (Å²) in [5, 5.41) is 0. The van der Waals surface area contributed by atoms with Crippen LogP contribution >= 0.6 is 7.82 Å². The Morgan fingerprint density at radius 3 is 2.06 bits per heavy atom. The molecule has 0 spiro atoms. The van der Waals surface area contributed by atoms with E-state index in [1.807, 2.05) is 13.8 Å². The lowest BCUT2D eigenvalue weighted by Crippen LogP contribution is -2.10. The van der Waals surface area contributed by atoms with E-state index in [-0.39, 0.29) is 13.2 Å². The molecule has 0 rings (SSSR count). The van der Waals surface area contributed by atoms with E-state index in [1.54, 1.807) is 0 Å². The van der Waals surface area contributed by atoms with Gasteiger partial charge >= 0.3 is 13.8 Å². The molecule has 0 saturated carbocycles. The topological polar surface area (TPSA) is 71.1 Å². The van der Waals surface area contributed by atoms with Crippen molar-refractivity contribution < 1.29 is 32.1 Å². The zero-order chi connectivity index (χ0) is 14.0. The van der Waals surface area contributed by atoms with E-state index in [0.29, 0.717) is 12.8 Å². The minimum absolute atomic E-state index is 0.171. The van der Waals surface area contributed by atoms with Gasteiger partial charge in [-0.15, -0.1) is 0 Å². The predicted octanol–water partition coefficient (Wildman–Crippen LogP) is 2.95. The molecule has 0 radical (unpaired) electrons. The van der Waals surface area contributed by atoms with Crippen molar-refractivity contribution in [2.24, 2.45) is 0 Å². The number of carbonyl (C=O) groups excluding carboxylic acids is 1. The smallest absolute Gasteiger partial charge is 0.433 e. The Balaban J connectivity index is 4.19. The third-order valence-corrected chi connectivity index (χ3v) is 2.95. The second-order valence-corrected chi connectivity index (χ2v) is 4.87. The lowest BCUT2D eigenvalue weighted by atomic mass is 10.5. The molecule has 0 unspecified atom stereocenters. The number of hydrogen-bond acceptors (Lipinski definition) is 6. The first-order valence-electron chi connectivity index (χ1n) is 5.50. The Hall–Kier alpha value is -0.750. The van der Waals surface area contributed by atoms with E-state index in [1.165, 1.54) is 0 Å². The first kappa shape index (κ1) is 17.2. The third-order valence-electron chi connectivity index (χ3n) is 1.53. The summed E-state index contributed by atoms with van der Waals surface area (Å²) in [6, 6.07) is 0. The van der Waals surface area contributed by atoms with Gasteiger partial charge in [-0.3, -0.25) is 9.05 Å². The highest BCUT2D eigenvalue weighted by molar-refractivity contribution is 7.48. The van der Waals surface area contributed by atoms with E-state index in [4.69, 9.17) is 13.6 Å². The van der Waals surface area contributed by atoms with Gasteiger partial charge < -0.3 is 4.74 Å². The molecule has 0 aromatic rings. The average Bonchev–Trinajstić information content (AvgIpc) is 2.34. The van der Waals surface area contributed by atoms with Gasteiger partial charge in [0.05, 0.1) is 13.2 Å². The first-order chi connectivity index (χ1) is 8.45. The molecule has 106 valence electrons. The van der Waals surface area contributed by atoms with Crippen molar-refractivity contribution in [3.8, 4) is 0 Å². The molecule has 6 nitrogen and oxygen atoms in total. The van der Waals surface area contributed by atoms with Crippen LogP contribution in [-0.2, 0) is 27.7 Å². The van der Waals surface area contributed by atoms with Gasteiger partial charge in [0.15, 0.2) is 0 Å². The quantitative estimate of drug-likeness (QED) is 0.266. The van der Waals surface area contributed by atoms with Crippen molar-refractivity contribution in [2.45, 2.75) is 26.7 Å². The third kappa shape index (κ3) is 7.55. The largest absolute Gasteiger partial charge is 0.477 e. The molecule has 0 saturated heterocycles. The van der Waals surface area contributed by atoms with Crippen molar-refractivity contribution in [1.29, 1.82) is 0 Å². The fourth-order valence-electron chi connectivity index (χ4n) is 0.741. The molecule has 0 N–H and O–H groups in total. The van der Waals surface area contributed by atoms with Crippen LogP contribution in [0.15, 0.2) is 12.4 Å². The number of hydrogen-bond donors (Lipinski definition) is 0. The molecule has 0 atom stereocenters. The molecule has 0 aromatic carbocycles. The Labute approximate surface area is 106 Å². The monoisotopic (exact) mass is 284 g/mol. The van der Waals surface area contributed by atoms with Crippen LogP contribution in [0.4, 0.5) is 4.39 Å². The number of esters is 1. The summed E-state index contributed by atoms with van der Waals surface area (Å²) in [5.41, 5.74) is 0. The molecule has 0 aliphatic heterocycles. The standard InChI is InChI=1S/C10H18FO6P/c1-4-6-15-18(13,16-7-5-2)17-8-14-10(12)9(3)11/h3-8H2,1-2H3. The van der Waals surface area contributed by atoms with Gasteiger partial charge in [0.2, 0.25) is 12.6 Å². The van der Waals surface area contributed by atoms with Crippen molar-refractivity contribution in [1.82, 2.24) is 0 Å². The van der Waals surface area contributed by atoms with Crippen LogP contribution in [0.3, 0.4) is 0 Å². The van der Waals surface area contributed by atoms with Gasteiger partial charge in [-0.05, 0) is 12.8 Å². The molecule has 8 heteroatoms. The van der Waals surface area contributed by atoms with E-state index in [9.17, 15) is 13.8 Å². The van der Waals surface area contributed by atoms with Crippen LogP contribution in [0, 0.1) is 0 Å². The summed E-state index contributed by atoms with van der Waals surface area (Å²) in [4.78, 5) is 10.7. The summed E-state index contributed by atoms with van der Waals surface area (Å²) in [5.74, 6) is -2.55. The Kier molecular flexibility index (Phi) is 8.83. The zero-order valence-corrected chi connectivity index (χ0v) is 11.4. The van der Waals surface area contributed by atoms with Crippen molar-refractivity contribution >= 4 is 13.8 Å². The Morgan fingerprint density at radius 2 is 1.67 bits per heavy atom. The average molecular weight is 284 g/mol.